The number of hydrogen-bond donors (Lipinski definition) is 2. The molecule has 6 heteroatoms. The van der Waals surface area contributed by atoms with E-state index in [0.717, 1.165) is 34.3 Å². The lowest BCUT2D eigenvalue weighted by Crippen LogP contribution is -2.03. The number of carboxylic acid groups (broad SMARTS) is 1. The number of aromatic nitrogens is 3. The third-order valence-corrected chi connectivity index (χ3v) is 4.71. The molecule has 0 amide bonds. The van der Waals surface area contributed by atoms with E-state index in [2.05, 4.69) is 23.1 Å². The second-order valence-electron chi connectivity index (χ2n) is 6.87. The predicted molar refractivity (Wildman–Crippen MR) is 132 cm³/mol. The zero-order chi connectivity index (χ0) is 24.1. The van der Waals surface area contributed by atoms with Crippen molar-refractivity contribution in [1.29, 1.82) is 0 Å². The summed E-state index contributed by atoms with van der Waals surface area (Å²) in [6.45, 7) is 15.1. The molecule has 0 saturated carbocycles. The van der Waals surface area contributed by atoms with Crippen LogP contribution in [0.4, 0.5) is 0 Å². The number of aryl methyl sites for hydroxylation is 2. The molecule has 0 radical (unpaired) electrons. The summed E-state index contributed by atoms with van der Waals surface area (Å²) in [5.74, 6) is -0.816. The molecular formula is C26H35N3O3. The van der Waals surface area contributed by atoms with Crippen molar-refractivity contribution in [2.24, 2.45) is 0 Å². The van der Waals surface area contributed by atoms with Crippen LogP contribution >= 0.6 is 0 Å². The fourth-order valence-corrected chi connectivity index (χ4v) is 3.11. The second-order valence-corrected chi connectivity index (χ2v) is 6.87. The van der Waals surface area contributed by atoms with Crippen molar-refractivity contribution in [2.45, 2.75) is 54.1 Å². The lowest BCUT2D eigenvalue weighted by atomic mass is 10.1. The number of aliphatic hydroxyl groups excluding tert-OH is 1. The molecule has 0 aliphatic rings. The number of fused-ring (bicyclic) bond motifs is 1. The molecule has 0 spiro atoms. The predicted octanol–water partition coefficient (Wildman–Crippen LogP) is 6.08. The van der Waals surface area contributed by atoms with Gasteiger partial charge in [0.2, 0.25) is 0 Å². The largest absolute Gasteiger partial charge is 0.509 e. The number of allylic oxidation sites excluding steroid dienone is 4. The number of aliphatic carboxylic acids is 1. The number of hydrogen-bond acceptors (Lipinski definition) is 3. The highest BCUT2D eigenvalue weighted by Gasteiger charge is 2.11. The number of imidazole rings is 1. The van der Waals surface area contributed by atoms with Gasteiger partial charge in [0, 0.05) is 42.1 Å². The third-order valence-electron chi connectivity index (χ3n) is 4.71. The van der Waals surface area contributed by atoms with E-state index < -0.39 is 5.97 Å². The minimum atomic E-state index is -0.832. The van der Waals surface area contributed by atoms with E-state index >= 15 is 0 Å². The Hall–Kier alpha value is -3.54. The van der Waals surface area contributed by atoms with Crippen molar-refractivity contribution in [3.05, 3.63) is 90.4 Å². The fourth-order valence-electron chi connectivity index (χ4n) is 3.11. The standard InChI is InChI=1S/C19H21NO3.C5H8N2.C2H6/c1-4-15(9-8-14(3)21)12-20-13(2)10-17-16(11-19(22)23)6-5-7-18(17)20;1-2-7-4-3-6-5-7;1-2/h4-10,21H,3,11-12H2,1-2H3,(H,22,23);3-5H,2H2,1H3;1-2H3/b9-8-,15-4+;;. The van der Waals surface area contributed by atoms with Crippen LogP contribution in [0.1, 0.15) is 39.0 Å². The first kappa shape index (κ1) is 26.5. The maximum absolute atomic E-state index is 11.0. The molecule has 0 saturated heterocycles. The Kier molecular flexibility index (Phi) is 11.3. The maximum atomic E-state index is 11.0. The van der Waals surface area contributed by atoms with Gasteiger partial charge in [-0.3, -0.25) is 4.79 Å². The summed E-state index contributed by atoms with van der Waals surface area (Å²) in [5.41, 5.74) is 3.92. The third kappa shape index (κ3) is 7.95. The zero-order valence-electron chi connectivity index (χ0n) is 19.7. The quantitative estimate of drug-likeness (QED) is 0.347. The van der Waals surface area contributed by atoms with Crippen molar-refractivity contribution in [2.75, 3.05) is 0 Å². The molecule has 0 fully saturated rings. The molecule has 2 N–H and O–H groups in total. The lowest BCUT2D eigenvalue weighted by molar-refractivity contribution is -0.136. The molecule has 3 rings (SSSR count). The lowest BCUT2D eigenvalue weighted by Gasteiger charge is -2.10. The Morgan fingerprint density at radius 2 is 1.94 bits per heavy atom. The molecule has 172 valence electrons. The van der Waals surface area contributed by atoms with E-state index in [0.29, 0.717) is 6.54 Å². The summed E-state index contributed by atoms with van der Waals surface area (Å²) in [7, 11) is 0. The molecule has 0 unspecified atom stereocenters. The van der Waals surface area contributed by atoms with E-state index in [9.17, 15) is 9.90 Å². The van der Waals surface area contributed by atoms with Crippen LogP contribution in [0, 0.1) is 6.92 Å². The number of nitrogens with zero attached hydrogens (tertiary/aromatic N) is 3. The first-order valence-corrected chi connectivity index (χ1v) is 10.8. The highest BCUT2D eigenvalue weighted by molar-refractivity contribution is 5.88. The summed E-state index contributed by atoms with van der Waals surface area (Å²) >= 11 is 0. The van der Waals surface area contributed by atoms with Crippen LogP contribution in [0.5, 0.6) is 0 Å². The fraction of sp³-hybridized carbons (Fsp3) is 0.308. The van der Waals surface area contributed by atoms with E-state index in [1.165, 1.54) is 0 Å². The molecule has 2 aromatic heterocycles. The molecular weight excluding hydrogens is 402 g/mol. The average Bonchev–Trinajstić information content (AvgIpc) is 3.41. The van der Waals surface area contributed by atoms with Crippen LogP contribution in [-0.2, 0) is 24.3 Å². The number of aliphatic hydroxyl groups is 1. The minimum absolute atomic E-state index is 0.0154. The van der Waals surface area contributed by atoms with E-state index in [-0.39, 0.29) is 12.2 Å². The van der Waals surface area contributed by atoms with Gasteiger partial charge in [-0.15, -0.1) is 0 Å². The van der Waals surface area contributed by atoms with Crippen molar-refractivity contribution >= 4 is 16.9 Å². The van der Waals surface area contributed by atoms with Crippen molar-refractivity contribution in [3.8, 4) is 0 Å². The Labute approximate surface area is 190 Å². The summed E-state index contributed by atoms with van der Waals surface area (Å²) in [4.78, 5) is 14.9. The van der Waals surface area contributed by atoms with Crippen LogP contribution in [0.25, 0.3) is 10.9 Å². The van der Waals surface area contributed by atoms with Gasteiger partial charge in [-0.25, -0.2) is 4.98 Å². The molecule has 0 aliphatic heterocycles. The normalized spacial score (nSPS) is 11.0. The van der Waals surface area contributed by atoms with Crippen molar-refractivity contribution in [1.82, 2.24) is 14.1 Å². The summed E-state index contributed by atoms with van der Waals surface area (Å²) < 4.78 is 4.15. The van der Waals surface area contributed by atoms with E-state index in [4.69, 9.17) is 5.11 Å². The van der Waals surface area contributed by atoms with Gasteiger partial charge in [0.15, 0.2) is 0 Å². The average molecular weight is 438 g/mol. The molecule has 32 heavy (non-hydrogen) atoms. The van der Waals surface area contributed by atoms with Gasteiger partial charge < -0.3 is 19.3 Å². The smallest absolute Gasteiger partial charge is 0.307 e. The first-order valence-electron chi connectivity index (χ1n) is 10.8. The van der Waals surface area contributed by atoms with Gasteiger partial charge in [-0.05, 0) is 50.1 Å². The molecule has 0 atom stereocenters. The van der Waals surface area contributed by atoms with E-state index in [1.54, 1.807) is 18.6 Å². The molecule has 0 bridgehead atoms. The molecule has 2 heterocycles. The Morgan fingerprint density at radius 3 is 2.44 bits per heavy atom. The van der Waals surface area contributed by atoms with Crippen molar-refractivity contribution < 1.29 is 15.0 Å². The summed E-state index contributed by atoms with van der Waals surface area (Å²) in [5, 5.41) is 19.2. The number of rotatable bonds is 7. The van der Waals surface area contributed by atoms with Crippen LogP contribution in [0.2, 0.25) is 0 Å². The highest BCUT2D eigenvalue weighted by Crippen LogP contribution is 2.25. The SMILES string of the molecule is C=C(O)/C=C\C(=C/C)Cn1c(C)cc2c(CC(=O)O)cccc21.CC.CCn1ccnc1. The van der Waals surface area contributed by atoms with Gasteiger partial charge in [0.1, 0.15) is 5.76 Å². The second kappa shape index (κ2) is 13.7. The van der Waals surface area contributed by atoms with Gasteiger partial charge in [-0.2, -0.15) is 0 Å². The first-order chi connectivity index (χ1) is 15.3. The van der Waals surface area contributed by atoms with Crippen molar-refractivity contribution in [3.63, 3.8) is 0 Å². The monoisotopic (exact) mass is 437 g/mol. The topological polar surface area (TPSA) is 80.3 Å². The van der Waals surface area contributed by atoms with Gasteiger partial charge in [0.25, 0.3) is 0 Å². The van der Waals surface area contributed by atoms with Gasteiger partial charge in [0.05, 0.1) is 12.7 Å². The number of carbonyl (C=O) groups is 1. The number of benzene rings is 1. The van der Waals surface area contributed by atoms with Gasteiger partial charge >= 0.3 is 5.97 Å². The summed E-state index contributed by atoms with van der Waals surface area (Å²) in [6, 6.07) is 7.76. The van der Waals surface area contributed by atoms with Gasteiger partial charge in [-0.1, -0.05) is 44.7 Å². The van der Waals surface area contributed by atoms with Crippen LogP contribution in [0.15, 0.2) is 79.1 Å². The zero-order valence-corrected chi connectivity index (χ0v) is 19.7. The minimum Gasteiger partial charge on any atom is -0.509 e. The molecule has 6 nitrogen and oxygen atoms in total. The Bertz CT molecular complexity index is 1060. The van der Waals surface area contributed by atoms with Crippen LogP contribution in [0.3, 0.4) is 0 Å². The van der Waals surface area contributed by atoms with Crippen LogP contribution < -0.4 is 0 Å². The van der Waals surface area contributed by atoms with Crippen LogP contribution in [-0.4, -0.2) is 30.3 Å². The summed E-state index contributed by atoms with van der Waals surface area (Å²) in [6.07, 6.45) is 10.9. The van der Waals surface area contributed by atoms with E-state index in [1.807, 2.05) is 74.9 Å². The Morgan fingerprint density at radius 1 is 1.22 bits per heavy atom. The molecule has 3 aromatic rings. The highest BCUT2D eigenvalue weighted by atomic mass is 16.4. The molecule has 0 aliphatic carbocycles. The Balaban J connectivity index is 0.000000477. The maximum Gasteiger partial charge on any atom is 0.307 e. The number of carboxylic acids is 1. The molecule has 1 aromatic carbocycles.